The lowest BCUT2D eigenvalue weighted by Crippen LogP contribution is -2.17. The maximum atomic E-state index is 12.0. The van der Waals surface area contributed by atoms with Crippen molar-refractivity contribution in [1.82, 2.24) is 9.55 Å². The summed E-state index contributed by atoms with van der Waals surface area (Å²) in [5, 5.41) is -0.225. The average Bonchev–Trinajstić information content (AvgIpc) is 3.30. The van der Waals surface area contributed by atoms with E-state index in [1.54, 1.807) is 18.5 Å². The highest BCUT2D eigenvalue weighted by molar-refractivity contribution is 9.10. The van der Waals surface area contributed by atoms with Gasteiger partial charge in [0.05, 0.1) is 16.3 Å². The van der Waals surface area contributed by atoms with Crippen LogP contribution in [-0.2, 0) is 10.0 Å². The van der Waals surface area contributed by atoms with Crippen molar-refractivity contribution in [2.75, 3.05) is 4.72 Å². The van der Waals surface area contributed by atoms with E-state index in [2.05, 4.69) is 25.6 Å². The molecular weight excluding hydrogens is 378 g/mol. The van der Waals surface area contributed by atoms with Crippen molar-refractivity contribution >= 4 is 42.7 Å². The number of imidazole rings is 1. The minimum absolute atomic E-state index is 0.225. The van der Waals surface area contributed by atoms with Crippen molar-refractivity contribution in [3.63, 3.8) is 0 Å². The second kappa shape index (κ2) is 5.35. The third-order valence-electron chi connectivity index (χ3n) is 3.88. The second-order valence-corrected chi connectivity index (χ2v) is 8.52. The van der Waals surface area contributed by atoms with Crippen LogP contribution < -0.4 is 4.72 Å². The molecule has 4 rings (SSSR count). The lowest BCUT2D eigenvalue weighted by atomic mass is 10.2. The van der Waals surface area contributed by atoms with E-state index in [1.165, 1.54) is 0 Å². The maximum absolute atomic E-state index is 12.0. The zero-order valence-electron chi connectivity index (χ0n) is 12.1. The molecule has 1 aromatic heterocycles. The molecule has 0 unspecified atom stereocenters. The van der Waals surface area contributed by atoms with Crippen molar-refractivity contribution in [3.05, 3.63) is 53.3 Å². The lowest BCUT2D eigenvalue weighted by Gasteiger charge is -2.09. The summed E-state index contributed by atoms with van der Waals surface area (Å²) in [5.41, 5.74) is 3.42. The number of nitrogens with one attached hydrogen (secondary N) is 1. The average molecular weight is 392 g/mol. The minimum atomic E-state index is -3.22. The van der Waals surface area contributed by atoms with Crippen molar-refractivity contribution < 1.29 is 8.42 Å². The number of halogens is 1. The summed E-state index contributed by atoms with van der Waals surface area (Å²) in [6, 6.07) is 13.2. The largest absolute Gasteiger partial charge is 0.299 e. The Morgan fingerprint density at radius 3 is 2.57 bits per heavy atom. The summed E-state index contributed by atoms with van der Waals surface area (Å²) in [6.45, 7) is 0. The minimum Gasteiger partial charge on any atom is -0.299 e. The molecule has 0 spiro atoms. The van der Waals surface area contributed by atoms with Crippen LogP contribution in [0.15, 0.2) is 53.3 Å². The van der Waals surface area contributed by atoms with Gasteiger partial charge in [-0.1, -0.05) is 15.9 Å². The Balaban J connectivity index is 1.66. The molecule has 1 N–H and O–H groups in total. The van der Waals surface area contributed by atoms with Gasteiger partial charge in [-0.15, -0.1) is 0 Å². The van der Waals surface area contributed by atoms with E-state index in [0.29, 0.717) is 5.69 Å². The van der Waals surface area contributed by atoms with E-state index >= 15 is 0 Å². The van der Waals surface area contributed by atoms with Crippen LogP contribution in [0, 0.1) is 0 Å². The van der Waals surface area contributed by atoms with Crippen molar-refractivity contribution in [2.45, 2.75) is 18.1 Å². The number of rotatable bonds is 4. The molecule has 0 bridgehead atoms. The third-order valence-corrected chi connectivity index (χ3v) is 6.24. The number of fused-ring (bicyclic) bond motifs is 1. The molecule has 0 amide bonds. The molecule has 23 heavy (non-hydrogen) atoms. The summed E-state index contributed by atoms with van der Waals surface area (Å²) in [5.74, 6) is 0. The molecule has 0 aliphatic heterocycles. The molecular formula is C16H14BrN3O2S. The molecule has 1 heterocycles. The quantitative estimate of drug-likeness (QED) is 0.737. The highest BCUT2D eigenvalue weighted by Crippen LogP contribution is 2.30. The highest BCUT2D eigenvalue weighted by Gasteiger charge is 2.35. The summed E-state index contributed by atoms with van der Waals surface area (Å²) in [7, 11) is -3.22. The van der Waals surface area contributed by atoms with Crippen LogP contribution in [0.1, 0.15) is 12.8 Å². The summed E-state index contributed by atoms with van der Waals surface area (Å²) in [6.07, 6.45) is 3.27. The predicted octanol–water partition coefficient (Wildman–Crippen LogP) is 3.69. The Morgan fingerprint density at radius 2 is 1.87 bits per heavy atom. The van der Waals surface area contributed by atoms with E-state index in [4.69, 9.17) is 0 Å². The Kier molecular flexibility index (Phi) is 3.42. The van der Waals surface area contributed by atoms with Crippen LogP contribution in [0.25, 0.3) is 16.7 Å². The summed E-state index contributed by atoms with van der Waals surface area (Å²) < 4.78 is 29.5. The first-order valence-corrected chi connectivity index (χ1v) is 9.61. The van der Waals surface area contributed by atoms with Crippen LogP contribution >= 0.6 is 15.9 Å². The molecule has 5 nitrogen and oxygen atoms in total. The number of hydrogen-bond donors (Lipinski definition) is 1. The maximum Gasteiger partial charge on any atom is 0.235 e. The Labute approximate surface area is 142 Å². The molecule has 118 valence electrons. The number of sulfonamides is 1. The third kappa shape index (κ3) is 2.86. The van der Waals surface area contributed by atoms with Gasteiger partial charge in [0.2, 0.25) is 10.0 Å². The Bertz CT molecular complexity index is 976. The number of anilines is 1. The van der Waals surface area contributed by atoms with Crippen LogP contribution in [0.4, 0.5) is 5.69 Å². The molecule has 7 heteroatoms. The number of benzene rings is 2. The highest BCUT2D eigenvalue weighted by atomic mass is 79.9. The Hall–Kier alpha value is -1.86. The summed E-state index contributed by atoms with van der Waals surface area (Å²) in [4.78, 5) is 4.38. The molecule has 1 fully saturated rings. The first-order chi connectivity index (χ1) is 11.0. The van der Waals surface area contributed by atoms with Gasteiger partial charge in [0.15, 0.2) is 0 Å². The van der Waals surface area contributed by atoms with E-state index in [0.717, 1.165) is 34.0 Å². The van der Waals surface area contributed by atoms with Gasteiger partial charge in [0.25, 0.3) is 0 Å². The standard InChI is InChI=1S/C16H14BrN3O2S/c17-11-1-8-15-16(9-11)20(10-18-15)13-4-2-12(3-5-13)19-23(21,22)14-6-7-14/h1-5,8-10,14,19H,6-7H2. The van der Waals surface area contributed by atoms with Crippen molar-refractivity contribution in [2.24, 2.45) is 0 Å². The first kappa shape index (κ1) is 14.7. The van der Waals surface area contributed by atoms with Gasteiger partial charge in [0, 0.05) is 15.8 Å². The smallest absolute Gasteiger partial charge is 0.235 e. The SMILES string of the molecule is O=S(=O)(Nc1ccc(-n2cnc3ccc(Br)cc32)cc1)C1CC1. The second-order valence-electron chi connectivity index (χ2n) is 5.64. The molecule has 2 aromatic carbocycles. The van der Waals surface area contributed by atoms with E-state index < -0.39 is 10.0 Å². The van der Waals surface area contributed by atoms with Crippen molar-refractivity contribution in [1.29, 1.82) is 0 Å². The van der Waals surface area contributed by atoms with Crippen molar-refractivity contribution in [3.8, 4) is 5.69 Å². The number of aromatic nitrogens is 2. The number of hydrogen-bond acceptors (Lipinski definition) is 3. The fourth-order valence-corrected chi connectivity index (χ4v) is 4.24. The molecule has 1 aliphatic carbocycles. The normalized spacial score (nSPS) is 15.0. The zero-order valence-corrected chi connectivity index (χ0v) is 14.5. The van der Waals surface area contributed by atoms with Crippen LogP contribution in [0.2, 0.25) is 0 Å². The van der Waals surface area contributed by atoms with Gasteiger partial charge >= 0.3 is 0 Å². The Morgan fingerprint density at radius 1 is 1.13 bits per heavy atom. The topological polar surface area (TPSA) is 64.0 Å². The van der Waals surface area contributed by atoms with Gasteiger partial charge in [0.1, 0.15) is 6.33 Å². The monoisotopic (exact) mass is 391 g/mol. The van der Waals surface area contributed by atoms with E-state index in [-0.39, 0.29) is 5.25 Å². The van der Waals surface area contributed by atoms with Crippen LogP contribution in [0.3, 0.4) is 0 Å². The van der Waals surface area contributed by atoms with Gasteiger partial charge in [-0.05, 0) is 55.3 Å². The van der Waals surface area contributed by atoms with E-state index in [9.17, 15) is 8.42 Å². The molecule has 1 aliphatic rings. The molecule has 3 aromatic rings. The van der Waals surface area contributed by atoms with Gasteiger partial charge < -0.3 is 0 Å². The fraction of sp³-hybridized carbons (Fsp3) is 0.188. The number of nitrogens with zero attached hydrogens (tertiary/aromatic N) is 2. The van der Waals surface area contributed by atoms with Crippen LogP contribution in [0.5, 0.6) is 0 Å². The molecule has 0 radical (unpaired) electrons. The molecule has 0 atom stereocenters. The van der Waals surface area contributed by atoms with Crippen LogP contribution in [-0.4, -0.2) is 23.2 Å². The lowest BCUT2D eigenvalue weighted by molar-refractivity contribution is 0.600. The van der Waals surface area contributed by atoms with Gasteiger partial charge in [-0.25, -0.2) is 13.4 Å². The summed E-state index contributed by atoms with van der Waals surface area (Å²) >= 11 is 3.47. The van der Waals surface area contributed by atoms with E-state index in [1.807, 2.05) is 34.9 Å². The van der Waals surface area contributed by atoms with Gasteiger partial charge in [-0.3, -0.25) is 9.29 Å². The van der Waals surface area contributed by atoms with Gasteiger partial charge in [-0.2, -0.15) is 0 Å². The fourth-order valence-electron chi connectivity index (χ4n) is 2.50. The zero-order chi connectivity index (χ0) is 16.0. The first-order valence-electron chi connectivity index (χ1n) is 7.28. The molecule has 0 saturated heterocycles. The predicted molar refractivity (Wildman–Crippen MR) is 94.3 cm³/mol. The molecule has 1 saturated carbocycles.